The van der Waals surface area contributed by atoms with Crippen molar-refractivity contribution in [3.05, 3.63) is 76.5 Å². The molecule has 0 amide bonds. The fourth-order valence-electron chi connectivity index (χ4n) is 2.53. The van der Waals surface area contributed by atoms with Crippen molar-refractivity contribution in [2.45, 2.75) is 6.54 Å². The normalized spacial score (nSPS) is 11.2. The Kier molecular flexibility index (Phi) is 3.24. The molecule has 0 unspecified atom stereocenters. The van der Waals surface area contributed by atoms with Gasteiger partial charge in [-0.05, 0) is 23.8 Å². The van der Waals surface area contributed by atoms with Crippen LogP contribution in [0.5, 0.6) is 0 Å². The molecule has 2 aromatic heterocycles. The van der Waals surface area contributed by atoms with Gasteiger partial charge in [0.15, 0.2) is 5.82 Å². The van der Waals surface area contributed by atoms with E-state index in [9.17, 15) is 4.79 Å². The molecule has 0 spiro atoms. The van der Waals surface area contributed by atoms with Crippen LogP contribution in [0, 0.1) is 0 Å². The molecule has 0 fully saturated rings. The Labute approximate surface area is 135 Å². The molecule has 0 saturated heterocycles. The topological polar surface area (TPSA) is 65.8 Å². The van der Waals surface area contributed by atoms with Gasteiger partial charge in [-0.15, -0.1) is 0 Å². The molecule has 2 aromatic rings. The summed E-state index contributed by atoms with van der Waals surface area (Å²) in [7, 11) is 0. The summed E-state index contributed by atoms with van der Waals surface area (Å²) in [5.74, 6) is 0.605. The molecule has 0 radical (unpaired) electrons. The van der Waals surface area contributed by atoms with Crippen molar-refractivity contribution in [3.8, 4) is 17.2 Å². The molecule has 114 valence electrons. The van der Waals surface area contributed by atoms with E-state index in [0.29, 0.717) is 23.2 Å². The first-order valence-electron chi connectivity index (χ1n) is 6.93. The minimum atomic E-state index is -0.337. The summed E-state index contributed by atoms with van der Waals surface area (Å²) in [6.45, 7) is 0.545. The second-order valence-electron chi connectivity index (χ2n) is 5.05. The Hall–Kier alpha value is -2.86. The molecule has 7 heteroatoms. The predicted molar refractivity (Wildman–Crippen MR) is 85.1 cm³/mol. The van der Waals surface area contributed by atoms with Crippen molar-refractivity contribution in [1.82, 2.24) is 19.1 Å². The molecule has 0 aliphatic carbocycles. The molecule has 0 bridgehead atoms. The first-order valence-corrected chi connectivity index (χ1v) is 7.31. The first-order chi connectivity index (χ1) is 11.2. The van der Waals surface area contributed by atoms with Crippen LogP contribution in [0.15, 0.2) is 64.5 Å². The minimum Gasteiger partial charge on any atom is -0.470 e. The highest BCUT2D eigenvalue weighted by molar-refractivity contribution is 6.29. The monoisotopic (exact) mass is 326 g/mol. The van der Waals surface area contributed by atoms with Gasteiger partial charge in [0.05, 0.1) is 24.2 Å². The second kappa shape index (κ2) is 5.40. The Morgan fingerprint density at radius 2 is 2.13 bits per heavy atom. The molecule has 2 aliphatic heterocycles. The van der Waals surface area contributed by atoms with E-state index < -0.39 is 0 Å². The fourth-order valence-corrected chi connectivity index (χ4v) is 2.64. The van der Waals surface area contributed by atoms with Crippen LogP contribution in [0.25, 0.3) is 17.2 Å². The third-order valence-corrected chi connectivity index (χ3v) is 3.78. The zero-order valence-corrected chi connectivity index (χ0v) is 12.6. The molecule has 2 aliphatic rings. The van der Waals surface area contributed by atoms with E-state index in [1.165, 1.54) is 17.1 Å². The Morgan fingerprint density at radius 3 is 2.87 bits per heavy atom. The van der Waals surface area contributed by atoms with Gasteiger partial charge in [-0.1, -0.05) is 17.7 Å². The number of halogens is 1. The third-order valence-electron chi connectivity index (χ3n) is 3.56. The van der Waals surface area contributed by atoms with Crippen LogP contribution in [0.3, 0.4) is 0 Å². The van der Waals surface area contributed by atoms with Gasteiger partial charge in [0.1, 0.15) is 11.4 Å². The molecule has 6 nitrogen and oxygen atoms in total. The number of furan rings is 1. The van der Waals surface area contributed by atoms with Crippen LogP contribution in [0.4, 0.5) is 0 Å². The molecule has 0 aromatic carbocycles. The van der Waals surface area contributed by atoms with Crippen molar-refractivity contribution in [2.75, 3.05) is 0 Å². The zero-order valence-electron chi connectivity index (χ0n) is 11.9. The van der Waals surface area contributed by atoms with E-state index >= 15 is 0 Å². The number of nitrogens with zero attached hydrogens (tertiary/aromatic N) is 4. The highest BCUT2D eigenvalue weighted by atomic mass is 35.5. The number of fused-ring (bicyclic) bond motifs is 1. The summed E-state index contributed by atoms with van der Waals surface area (Å²) >= 11 is 5.81. The van der Waals surface area contributed by atoms with Crippen LogP contribution in [0.1, 0.15) is 5.56 Å². The van der Waals surface area contributed by atoms with Gasteiger partial charge in [-0.25, -0.2) is 9.78 Å². The second-order valence-corrected chi connectivity index (χ2v) is 5.43. The zero-order chi connectivity index (χ0) is 15.8. The molecular weight excluding hydrogens is 316 g/mol. The maximum absolute atomic E-state index is 12.3. The lowest BCUT2D eigenvalue weighted by Gasteiger charge is -2.12. The average molecular weight is 327 g/mol. The lowest BCUT2D eigenvalue weighted by Crippen LogP contribution is -2.13. The van der Waals surface area contributed by atoms with Crippen molar-refractivity contribution in [2.24, 2.45) is 0 Å². The Balaban J connectivity index is 1.79. The molecule has 0 saturated carbocycles. The summed E-state index contributed by atoms with van der Waals surface area (Å²) in [4.78, 5) is 20.5. The summed E-state index contributed by atoms with van der Waals surface area (Å²) < 4.78 is 8.49. The molecule has 23 heavy (non-hydrogen) atoms. The maximum Gasteiger partial charge on any atom is 0.354 e. The number of pyridine rings is 2. The van der Waals surface area contributed by atoms with Crippen LogP contribution >= 0.6 is 11.6 Å². The summed E-state index contributed by atoms with van der Waals surface area (Å²) in [6.07, 6.45) is 6.63. The van der Waals surface area contributed by atoms with E-state index in [1.807, 2.05) is 29.0 Å². The van der Waals surface area contributed by atoms with Gasteiger partial charge in [0, 0.05) is 18.5 Å². The van der Waals surface area contributed by atoms with E-state index in [4.69, 9.17) is 16.0 Å². The lowest BCUT2D eigenvalue weighted by atomic mass is 10.2. The Bertz CT molecular complexity index is 970. The van der Waals surface area contributed by atoms with Crippen LogP contribution in [0.2, 0.25) is 5.15 Å². The van der Waals surface area contributed by atoms with Crippen LogP contribution in [-0.4, -0.2) is 19.1 Å². The lowest BCUT2D eigenvalue weighted by molar-refractivity contribution is 0.565. The van der Waals surface area contributed by atoms with Gasteiger partial charge < -0.3 is 8.98 Å². The summed E-state index contributed by atoms with van der Waals surface area (Å²) in [5.41, 5.74) is 2.01. The summed E-state index contributed by atoms with van der Waals surface area (Å²) in [5, 5.41) is 0.447. The number of imidazole rings is 1. The van der Waals surface area contributed by atoms with Crippen molar-refractivity contribution in [3.63, 3.8) is 0 Å². The van der Waals surface area contributed by atoms with E-state index in [0.717, 1.165) is 11.3 Å². The third kappa shape index (κ3) is 2.43. The maximum atomic E-state index is 12.3. The number of aromatic nitrogens is 4. The highest BCUT2D eigenvalue weighted by Gasteiger charge is 2.19. The molecular formula is C16H11ClN4O2. The molecule has 4 heterocycles. The molecule has 0 atom stereocenters. The van der Waals surface area contributed by atoms with Gasteiger partial charge in [0.25, 0.3) is 0 Å². The smallest absolute Gasteiger partial charge is 0.354 e. The first kappa shape index (κ1) is 13.8. The standard InChI is InChI=1S/C16H11ClN4O2/c17-14-4-3-11(8-18-14)9-20-6-1-2-13-15(20)19-16(22)21(13)12-5-7-23-10-12/h1-8,10H,9H2. The van der Waals surface area contributed by atoms with Crippen molar-refractivity contribution >= 4 is 11.6 Å². The number of hydrogen-bond acceptors (Lipinski definition) is 4. The molecule has 4 rings (SSSR count). The van der Waals surface area contributed by atoms with Gasteiger partial charge in [-0.2, -0.15) is 4.98 Å². The van der Waals surface area contributed by atoms with Gasteiger partial charge >= 0.3 is 5.69 Å². The SMILES string of the molecule is O=c1nc2n(Cc3ccc(Cl)nc3)cccc-2n1-c1ccoc1. The van der Waals surface area contributed by atoms with E-state index in [2.05, 4.69) is 9.97 Å². The van der Waals surface area contributed by atoms with Gasteiger partial charge in [0.2, 0.25) is 0 Å². The fraction of sp³-hybridized carbons (Fsp3) is 0.0625. The quantitative estimate of drug-likeness (QED) is 0.543. The van der Waals surface area contributed by atoms with Crippen LogP contribution in [-0.2, 0) is 6.54 Å². The number of hydrogen-bond donors (Lipinski definition) is 0. The highest BCUT2D eigenvalue weighted by Crippen LogP contribution is 2.22. The summed E-state index contributed by atoms with van der Waals surface area (Å²) in [6, 6.07) is 9.09. The number of rotatable bonds is 3. The van der Waals surface area contributed by atoms with Crippen LogP contribution < -0.4 is 5.69 Å². The Morgan fingerprint density at radius 1 is 1.22 bits per heavy atom. The van der Waals surface area contributed by atoms with Crippen molar-refractivity contribution < 1.29 is 4.42 Å². The minimum absolute atomic E-state index is 0.337. The van der Waals surface area contributed by atoms with Crippen molar-refractivity contribution in [1.29, 1.82) is 0 Å². The molecule has 0 N–H and O–H groups in total. The average Bonchev–Trinajstić information content (AvgIpc) is 3.16. The predicted octanol–water partition coefficient (Wildman–Crippen LogP) is 2.83. The largest absolute Gasteiger partial charge is 0.470 e. The van der Waals surface area contributed by atoms with Gasteiger partial charge in [-0.3, -0.25) is 4.57 Å². The van der Waals surface area contributed by atoms with E-state index in [-0.39, 0.29) is 5.69 Å². The van der Waals surface area contributed by atoms with E-state index in [1.54, 1.807) is 18.3 Å².